The third kappa shape index (κ3) is 5.04. The van der Waals surface area contributed by atoms with Gasteiger partial charge in [-0.15, -0.1) is 0 Å². The third-order valence-electron chi connectivity index (χ3n) is 5.03. The van der Waals surface area contributed by atoms with Crippen LogP contribution in [-0.4, -0.2) is 40.0 Å². The van der Waals surface area contributed by atoms with E-state index in [1.807, 2.05) is 30.3 Å². The van der Waals surface area contributed by atoms with Crippen LogP contribution in [0.5, 0.6) is 0 Å². The summed E-state index contributed by atoms with van der Waals surface area (Å²) >= 11 is 3.44. The van der Waals surface area contributed by atoms with E-state index in [1.54, 1.807) is 35.3 Å². The van der Waals surface area contributed by atoms with Crippen molar-refractivity contribution in [3.05, 3.63) is 80.8 Å². The number of aromatic nitrogens is 2. The molecule has 3 aromatic rings. The van der Waals surface area contributed by atoms with Crippen molar-refractivity contribution in [1.82, 2.24) is 14.9 Å². The van der Waals surface area contributed by atoms with Gasteiger partial charge >= 0.3 is 0 Å². The molecule has 6 nitrogen and oxygen atoms in total. The highest BCUT2D eigenvalue weighted by molar-refractivity contribution is 9.10. The van der Waals surface area contributed by atoms with Gasteiger partial charge in [0, 0.05) is 23.7 Å². The fourth-order valence-electron chi connectivity index (χ4n) is 3.54. The number of amides is 1. The summed E-state index contributed by atoms with van der Waals surface area (Å²) < 4.78 is 6.68. The molecule has 1 atom stereocenters. The normalized spacial score (nSPS) is 16.4. The first-order chi connectivity index (χ1) is 14.6. The Morgan fingerprint density at radius 1 is 1.27 bits per heavy atom. The Morgan fingerprint density at radius 2 is 2.13 bits per heavy atom. The number of carbonyl (C=O) groups excluding carboxylic acids is 1. The molecule has 1 amide bonds. The van der Waals surface area contributed by atoms with Gasteiger partial charge in [0.2, 0.25) is 5.91 Å². The van der Waals surface area contributed by atoms with Crippen LogP contribution in [0.2, 0.25) is 0 Å². The minimum Gasteiger partial charge on any atom is -0.376 e. The van der Waals surface area contributed by atoms with Crippen LogP contribution in [-0.2, 0) is 16.1 Å². The molecule has 2 heterocycles. The molecule has 1 aromatic heterocycles. The van der Waals surface area contributed by atoms with Crippen molar-refractivity contribution in [3.8, 4) is 0 Å². The summed E-state index contributed by atoms with van der Waals surface area (Å²) in [6.07, 6.45) is 5.24. The predicted octanol–water partition coefficient (Wildman–Crippen LogP) is 3.91. The van der Waals surface area contributed by atoms with Gasteiger partial charge in [-0.1, -0.05) is 40.2 Å². The summed E-state index contributed by atoms with van der Waals surface area (Å²) in [5, 5.41) is 0.535. The van der Waals surface area contributed by atoms with Crippen LogP contribution in [0.3, 0.4) is 0 Å². The maximum Gasteiger partial charge on any atom is 0.258 e. The molecule has 0 radical (unpaired) electrons. The van der Waals surface area contributed by atoms with Crippen LogP contribution in [0.25, 0.3) is 17.0 Å². The van der Waals surface area contributed by atoms with Crippen molar-refractivity contribution in [3.63, 3.8) is 0 Å². The van der Waals surface area contributed by atoms with Gasteiger partial charge in [0.05, 0.1) is 23.6 Å². The molecule has 2 aromatic carbocycles. The molecule has 1 aliphatic rings. The number of hydrogen-bond acceptors (Lipinski definition) is 4. The largest absolute Gasteiger partial charge is 0.376 e. The monoisotopic (exact) mass is 467 g/mol. The van der Waals surface area contributed by atoms with E-state index in [1.165, 1.54) is 0 Å². The minimum atomic E-state index is -0.204. The average Bonchev–Trinajstić information content (AvgIpc) is 3.25. The van der Waals surface area contributed by atoms with Crippen molar-refractivity contribution in [2.75, 3.05) is 13.2 Å². The fraction of sp³-hybridized carbons (Fsp3) is 0.261. The number of carbonyl (C=O) groups is 1. The number of ether oxygens (including phenoxy) is 1. The lowest BCUT2D eigenvalue weighted by molar-refractivity contribution is -0.128. The summed E-state index contributed by atoms with van der Waals surface area (Å²) in [5.74, 6) is 0.308. The molecule has 1 aliphatic heterocycles. The number of nitrogens with zero attached hydrogens (tertiary/aromatic N) is 2. The van der Waals surface area contributed by atoms with Crippen LogP contribution in [0, 0.1) is 0 Å². The van der Waals surface area contributed by atoms with E-state index < -0.39 is 0 Å². The van der Waals surface area contributed by atoms with E-state index in [4.69, 9.17) is 4.74 Å². The quantitative estimate of drug-likeness (QED) is 0.557. The maximum atomic E-state index is 13.0. The van der Waals surface area contributed by atoms with Crippen LogP contribution >= 0.6 is 15.9 Å². The summed E-state index contributed by atoms with van der Waals surface area (Å²) in [7, 11) is 0. The molecule has 1 N–H and O–H groups in total. The molecular formula is C23H22BrN3O3. The van der Waals surface area contributed by atoms with Crippen LogP contribution in [0.15, 0.2) is 63.9 Å². The van der Waals surface area contributed by atoms with E-state index in [9.17, 15) is 9.59 Å². The Kier molecular flexibility index (Phi) is 6.40. The smallest absolute Gasteiger partial charge is 0.258 e. The lowest BCUT2D eigenvalue weighted by Gasteiger charge is -2.24. The molecule has 30 heavy (non-hydrogen) atoms. The zero-order chi connectivity index (χ0) is 20.9. The molecule has 1 fully saturated rings. The van der Waals surface area contributed by atoms with E-state index in [0.717, 1.165) is 22.9 Å². The van der Waals surface area contributed by atoms with Gasteiger partial charge in [-0.05, 0) is 48.7 Å². The molecular weight excluding hydrogens is 446 g/mol. The highest BCUT2D eigenvalue weighted by Gasteiger charge is 2.22. The number of nitrogens with one attached hydrogen (secondary N) is 1. The molecule has 0 aliphatic carbocycles. The lowest BCUT2D eigenvalue weighted by atomic mass is 10.2. The highest BCUT2D eigenvalue weighted by atomic mass is 79.9. The summed E-state index contributed by atoms with van der Waals surface area (Å²) in [6.45, 7) is 1.38. The SMILES string of the molecule is O=C(C=Cc1cccc(Br)c1)N(Cc1nc2ccccc2c(=O)[nH]1)CC1CCCO1. The van der Waals surface area contributed by atoms with Gasteiger partial charge in [-0.25, -0.2) is 4.98 Å². The van der Waals surface area contributed by atoms with E-state index >= 15 is 0 Å². The Bertz CT molecular complexity index is 1140. The van der Waals surface area contributed by atoms with Crippen molar-refractivity contribution in [2.45, 2.75) is 25.5 Å². The van der Waals surface area contributed by atoms with E-state index in [0.29, 0.717) is 29.9 Å². The Hall–Kier alpha value is -2.77. The average molecular weight is 468 g/mol. The van der Waals surface area contributed by atoms with Crippen molar-refractivity contribution >= 4 is 38.8 Å². The second-order valence-corrected chi connectivity index (χ2v) is 8.19. The van der Waals surface area contributed by atoms with Crippen LogP contribution in [0.4, 0.5) is 0 Å². The number of para-hydroxylation sites is 1. The Labute approximate surface area is 182 Å². The number of rotatable bonds is 6. The van der Waals surface area contributed by atoms with E-state index in [2.05, 4.69) is 25.9 Å². The molecule has 154 valence electrons. The number of hydrogen-bond donors (Lipinski definition) is 1. The fourth-order valence-corrected chi connectivity index (χ4v) is 3.96. The van der Waals surface area contributed by atoms with Gasteiger partial charge in [-0.3, -0.25) is 9.59 Å². The molecule has 1 saturated heterocycles. The summed E-state index contributed by atoms with van der Waals surface area (Å²) in [5.41, 5.74) is 1.34. The first-order valence-corrected chi connectivity index (χ1v) is 10.7. The number of aromatic amines is 1. The van der Waals surface area contributed by atoms with Gasteiger partial charge < -0.3 is 14.6 Å². The van der Waals surface area contributed by atoms with Crippen LogP contribution in [0.1, 0.15) is 24.2 Å². The number of halogens is 1. The second-order valence-electron chi connectivity index (χ2n) is 7.27. The van der Waals surface area contributed by atoms with Crippen LogP contribution < -0.4 is 5.56 Å². The third-order valence-corrected chi connectivity index (χ3v) is 5.52. The zero-order valence-electron chi connectivity index (χ0n) is 16.4. The molecule has 4 rings (SSSR count). The zero-order valence-corrected chi connectivity index (χ0v) is 18.0. The lowest BCUT2D eigenvalue weighted by Crippen LogP contribution is -2.36. The van der Waals surface area contributed by atoms with Gasteiger partial charge in [-0.2, -0.15) is 0 Å². The first-order valence-electron chi connectivity index (χ1n) is 9.90. The molecule has 7 heteroatoms. The predicted molar refractivity (Wildman–Crippen MR) is 120 cm³/mol. The first kappa shape index (κ1) is 20.5. The second kappa shape index (κ2) is 9.36. The van der Waals surface area contributed by atoms with Crippen molar-refractivity contribution in [2.24, 2.45) is 0 Å². The Morgan fingerprint density at radius 3 is 2.93 bits per heavy atom. The molecule has 0 spiro atoms. The number of H-pyrrole nitrogens is 1. The topological polar surface area (TPSA) is 75.3 Å². The molecule has 1 unspecified atom stereocenters. The number of benzene rings is 2. The Balaban J connectivity index is 1.57. The number of fused-ring (bicyclic) bond motifs is 1. The van der Waals surface area contributed by atoms with Crippen molar-refractivity contribution in [1.29, 1.82) is 0 Å². The highest BCUT2D eigenvalue weighted by Crippen LogP contribution is 2.16. The van der Waals surface area contributed by atoms with Gasteiger partial charge in [0.25, 0.3) is 5.56 Å². The summed E-state index contributed by atoms with van der Waals surface area (Å²) in [4.78, 5) is 34.4. The standard InChI is InChI=1S/C23H22BrN3O3/c24-17-6-3-5-16(13-17)10-11-22(28)27(14-18-7-4-12-30-18)15-21-25-20-9-2-1-8-19(20)23(29)26-21/h1-3,5-6,8-11,13,18H,4,7,12,14-15H2,(H,25,26,29). The summed E-state index contributed by atoms with van der Waals surface area (Å²) in [6, 6.07) is 14.9. The van der Waals surface area contributed by atoms with Gasteiger partial charge in [0.15, 0.2) is 0 Å². The van der Waals surface area contributed by atoms with Gasteiger partial charge in [0.1, 0.15) is 5.82 Å². The molecule has 0 saturated carbocycles. The minimum absolute atomic E-state index is 0.000369. The molecule has 0 bridgehead atoms. The maximum absolute atomic E-state index is 13.0. The van der Waals surface area contributed by atoms with E-state index in [-0.39, 0.29) is 24.1 Å². The van der Waals surface area contributed by atoms with Crippen molar-refractivity contribution < 1.29 is 9.53 Å².